The van der Waals surface area contributed by atoms with Gasteiger partial charge in [-0.25, -0.2) is 4.79 Å². The molecule has 0 bridgehead atoms. The Morgan fingerprint density at radius 1 is 1.50 bits per heavy atom. The average molecular weight is 319 g/mol. The minimum Gasteiger partial charge on any atom is -0.465 e. The van der Waals surface area contributed by atoms with Crippen molar-refractivity contribution in [3.05, 3.63) is 28.8 Å². The lowest BCUT2D eigenvalue weighted by Crippen LogP contribution is -2.30. The zero-order valence-electron chi connectivity index (χ0n) is 11.4. The molecule has 1 aliphatic rings. The maximum Gasteiger partial charge on any atom is 0.339 e. The van der Waals surface area contributed by atoms with E-state index in [2.05, 4.69) is 5.32 Å². The normalized spacial score (nSPS) is 21.1. The van der Waals surface area contributed by atoms with Crippen LogP contribution in [-0.2, 0) is 4.74 Å². The Kier molecular flexibility index (Phi) is 6.59. The standard InChI is InChI=1S/C14H19ClN2O2.ClH/c1-19-14(18)11-6-5-10(15)7-13(11)17-8-9-3-2-4-12(9)16;/h5-7,9,12,17H,2-4,8,16H2,1H3;1H/t9-,12-;/m0./s1. The van der Waals surface area contributed by atoms with E-state index >= 15 is 0 Å². The summed E-state index contributed by atoms with van der Waals surface area (Å²) in [4.78, 5) is 11.7. The number of carbonyl (C=O) groups is 1. The first-order valence-corrected chi connectivity index (χ1v) is 6.87. The van der Waals surface area contributed by atoms with Crippen molar-refractivity contribution >= 4 is 35.7 Å². The Morgan fingerprint density at radius 2 is 2.25 bits per heavy atom. The van der Waals surface area contributed by atoms with E-state index < -0.39 is 0 Å². The molecule has 112 valence electrons. The molecule has 0 heterocycles. The number of carbonyl (C=O) groups excluding carboxylic acids is 1. The first-order chi connectivity index (χ1) is 9.11. The second kappa shape index (κ2) is 7.72. The predicted octanol–water partition coefficient (Wildman–Crippen LogP) is 3.09. The average Bonchev–Trinajstić information content (AvgIpc) is 2.81. The van der Waals surface area contributed by atoms with E-state index in [1.807, 2.05) is 0 Å². The number of benzene rings is 1. The zero-order chi connectivity index (χ0) is 13.8. The van der Waals surface area contributed by atoms with Gasteiger partial charge < -0.3 is 15.8 Å². The Morgan fingerprint density at radius 3 is 2.85 bits per heavy atom. The van der Waals surface area contributed by atoms with Crippen LogP contribution in [0.25, 0.3) is 0 Å². The molecule has 0 aromatic heterocycles. The number of methoxy groups -OCH3 is 1. The smallest absolute Gasteiger partial charge is 0.339 e. The van der Waals surface area contributed by atoms with E-state index in [4.69, 9.17) is 22.1 Å². The summed E-state index contributed by atoms with van der Waals surface area (Å²) in [5.41, 5.74) is 7.24. The minimum absolute atomic E-state index is 0. The van der Waals surface area contributed by atoms with E-state index in [-0.39, 0.29) is 24.4 Å². The maximum atomic E-state index is 11.7. The topological polar surface area (TPSA) is 64.3 Å². The molecule has 2 rings (SSSR count). The van der Waals surface area contributed by atoms with Crippen LogP contribution >= 0.6 is 24.0 Å². The highest BCUT2D eigenvalue weighted by molar-refractivity contribution is 6.31. The van der Waals surface area contributed by atoms with Crippen molar-refractivity contribution in [2.45, 2.75) is 25.3 Å². The Balaban J connectivity index is 0.00000200. The van der Waals surface area contributed by atoms with Gasteiger partial charge in [0, 0.05) is 17.6 Å². The lowest BCUT2D eigenvalue weighted by atomic mass is 10.0. The van der Waals surface area contributed by atoms with E-state index in [9.17, 15) is 4.79 Å². The fourth-order valence-electron chi connectivity index (χ4n) is 2.51. The molecule has 1 aliphatic carbocycles. The Bertz CT molecular complexity index is 468. The van der Waals surface area contributed by atoms with Crippen molar-refractivity contribution in [1.82, 2.24) is 0 Å². The molecule has 1 aromatic rings. The number of hydrogen-bond donors (Lipinski definition) is 2. The summed E-state index contributed by atoms with van der Waals surface area (Å²) < 4.78 is 4.76. The Hall–Kier alpha value is -0.970. The maximum absolute atomic E-state index is 11.7. The molecule has 0 aliphatic heterocycles. The molecule has 1 aromatic carbocycles. The van der Waals surface area contributed by atoms with Crippen molar-refractivity contribution in [2.24, 2.45) is 11.7 Å². The number of halogens is 2. The van der Waals surface area contributed by atoms with Crippen molar-refractivity contribution in [2.75, 3.05) is 19.0 Å². The molecule has 0 unspecified atom stereocenters. The van der Waals surface area contributed by atoms with Crippen LogP contribution in [0.15, 0.2) is 18.2 Å². The van der Waals surface area contributed by atoms with E-state index in [1.165, 1.54) is 13.5 Å². The van der Waals surface area contributed by atoms with Gasteiger partial charge in [-0.2, -0.15) is 0 Å². The van der Waals surface area contributed by atoms with E-state index in [1.54, 1.807) is 18.2 Å². The van der Waals surface area contributed by atoms with Gasteiger partial charge in [0.1, 0.15) is 0 Å². The highest BCUT2D eigenvalue weighted by Crippen LogP contribution is 2.26. The number of esters is 1. The molecule has 20 heavy (non-hydrogen) atoms. The number of nitrogens with two attached hydrogens (primary N) is 1. The summed E-state index contributed by atoms with van der Waals surface area (Å²) in [6, 6.07) is 5.34. The van der Waals surface area contributed by atoms with Gasteiger partial charge in [-0.3, -0.25) is 0 Å². The fourth-order valence-corrected chi connectivity index (χ4v) is 2.68. The second-order valence-electron chi connectivity index (χ2n) is 4.92. The monoisotopic (exact) mass is 318 g/mol. The molecule has 3 N–H and O–H groups in total. The number of anilines is 1. The van der Waals surface area contributed by atoms with Crippen molar-refractivity contribution in [1.29, 1.82) is 0 Å². The van der Waals surface area contributed by atoms with Crippen LogP contribution in [0.5, 0.6) is 0 Å². The van der Waals surface area contributed by atoms with Crippen molar-refractivity contribution in [3.8, 4) is 0 Å². The first-order valence-electron chi connectivity index (χ1n) is 6.49. The van der Waals surface area contributed by atoms with Crippen LogP contribution < -0.4 is 11.1 Å². The second-order valence-corrected chi connectivity index (χ2v) is 5.35. The molecule has 0 saturated heterocycles. The van der Waals surface area contributed by atoms with Crippen LogP contribution in [0.1, 0.15) is 29.6 Å². The lowest BCUT2D eigenvalue weighted by molar-refractivity contribution is 0.0602. The van der Waals surface area contributed by atoms with E-state index in [0.29, 0.717) is 22.2 Å². The van der Waals surface area contributed by atoms with Gasteiger partial charge in [0.05, 0.1) is 18.4 Å². The van der Waals surface area contributed by atoms with Crippen LogP contribution in [0.4, 0.5) is 5.69 Å². The molecule has 0 radical (unpaired) electrons. The summed E-state index contributed by atoms with van der Waals surface area (Å²) in [7, 11) is 1.37. The van der Waals surface area contributed by atoms with Crippen molar-refractivity contribution < 1.29 is 9.53 Å². The number of hydrogen-bond acceptors (Lipinski definition) is 4. The molecule has 2 atom stereocenters. The van der Waals surface area contributed by atoms with E-state index in [0.717, 1.165) is 19.4 Å². The molecular weight excluding hydrogens is 299 g/mol. The largest absolute Gasteiger partial charge is 0.465 e. The summed E-state index contributed by atoms with van der Waals surface area (Å²) in [6.07, 6.45) is 3.38. The van der Waals surface area contributed by atoms with Crippen molar-refractivity contribution in [3.63, 3.8) is 0 Å². The van der Waals surface area contributed by atoms with Gasteiger partial charge >= 0.3 is 5.97 Å². The third-order valence-electron chi connectivity index (χ3n) is 3.66. The van der Waals surface area contributed by atoms with Gasteiger partial charge in [-0.1, -0.05) is 18.0 Å². The number of nitrogens with one attached hydrogen (secondary N) is 1. The molecule has 1 fully saturated rings. The molecule has 4 nitrogen and oxygen atoms in total. The third kappa shape index (κ3) is 4.01. The van der Waals surface area contributed by atoms with Gasteiger partial charge in [0.2, 0.25) is 0 Å². The van der Waals surface area contributed by atoms with Crippen LogP contribution in [-0.4, -0.2) is 25.7 Å². The van der Waals surface area contributed by atoms with Crippen LogP contribution in [0.2, 0.25) is 5.02 Å². The minimum atomic E-state index is -0.366. The molecule has 0 spiro atoms. The summed E-state index contributed by atoms with van der Waals surface area (Å²) in [6.45, 7) is 0.755. The zero-order valence-corrected chi connectivity index (χ0v) is 13.0. The molecule has 6 heteroatoms. The van der Waals surface area contributed by atoms with Gasteiger partial charge in [-0.15, -0.1) is 12.4 Å². The highest BCUT2D eigenvalue weighted by Gasteiger charge is 2.24. The summed E-state index contributed by atoms with van der Waals surface area (Å²) >= 11 is 5.97. The number of rotatable bonds is 4. The number of ether oxygens (including phenoxy) is 1. The predicted molar refractivity (Wildman–Crippen MR) is 83.8 cm³/mol. The third-order valence-corrected chi connectivity index (χ3v) is 3.89. The lowest BCUT2D eigenvalue weighted by Gasteiger charge is -2.18. The van der Waals surface area contributed by atoms with Gasteiger partial charge in [-0.05, 0) is 37.0 Å². The Labute approximate surface area is 130 Å². The summed E-state index contributed by atoms with van der Waals surface area (Å²) in [5.74, 6) is 0.0827. The first kappa shape index (κ1) is 17.1. The quantitative estimate of drug-likeness (QED) is 0.837. The molecule has 0 amide bonds. The molecular formula is C14H20Cl2N2O2. The van der Waals surface area contributed by atoms with Crippen LogP contribution in [0.3, 0.4) is 0 Å². The van der Waals surface area contributed by atoms with Crippen LogP contribution in [0, 0.1) is 5.92 Å². The van der Waals surface area contributed by atoms with Gasteiger partial charge in [0.25, 0.3) is 0 Å². The highest BCUT2D eigenvalue weighted by atomic mass is 35.5. The van der Waals surface area contributed by atoms with Gasteiger partial charge in [0.15, 0.2) is 0 Å². The summed E-state index contributed by atoms with van der Waals surface area (Å²) in [5, 5.41) is 3.87. The molecule has 1 saturated carbocycles. The SMILES string of the molecule is COC(=O)c1ccc(Cl)cc1NC[C@@H]1CCC[C@@H]1N.Cl. The fraction of sp³-hybridized carbons (Fsp3) is 0.500.